The largest absolute Gasteiger partial charge is 0.467 e. The minimum Gasteiger partial charge on any atom is -0.467 e. The van der Waals surface area contributed by atoms with Crippen LogP contribution < -0.4 is 10.6 Å². The summed E-state index contributed by atoms with van der Waals surface area (Å²) in [4.78, 5) is 23.2. The van der Waals surface area contributed by atoms with Gasteiger partial charge in [0.1, 0.15) is 19.0 Å². The first-order valence-electron chi connectivity index (χ1n) is 6.97. The van der Waals surface area contributed by atoms with E-state index in [4.69, 9.17) is 20.8 Å². The van der Waals surface area contributed by atoms with Crippen molar-refractivity contribution in [2.45, 2.75) is 13.5 Å². The van der Waals surface area contributed by atoms with E-state index >= 15 is 0 Å². The fourth-order valence-electron chi connectivity index (χ4n) is 1.75. The van der Waals surface area contributed by atoms with Gasteiger partial charge in [-0.15, -0.1) is 0 Å². The summed E-state index contributed by atoms with van der Waals surface area (Å²) in [7, 11) is 0. The Labute approximate surface area is 138 Å². The van der Waals surface area contributed by atoms with Gasteiger partial charge < -0.3 is 19.8 Å². The van der Waals surface area contributed by atoms with Crippen LogP contribution in [0.2, 0.25) is 5.02 Å². The monoisotopic (exact) mass is 336 g/mol. The van der Waals surface area contributed by atoms with Crippen molar-refractivity contribution in [3.05, 3.63) is 52.9 Å². The normalized spacial score (nSPS) is 10.3. The molecule has 6 nitrogen and oxygen atoms in total. The number of anilines is 1. The second-order valence-corrected chi connectivity index (χ2v) is 5.27. The number of furan rings is 1. The number of carbonyl (C=O) groups excluding carboxylic acids is 2. The molecule has 0 spiro atoms. The van der Waals surface area contributed by atoms with E-state index in [1.807, 2.05) is 6.92 Å². The summed E-state index contributed by atoms with van der Waals surface area (Å²) >= 11 is 5.98. The number of ether oxygens (including phenoxy) is 1. The van der Waals surface area contributed by atoms with Crippen LogP contribution in [0.1, 0.15) is 11.3 Å². The average molecular weight is 337 g/mol. The molecular formula is C16H17ClN2O4. The van der Waals surface area contributed by atoms with Crippen molar-refractivity contribution in [1.82, 2.24) is 5.32 Å². The van der Waals surface area contributed by atoms with Gasteiger partial charge in [-0.05, 0) is 36.8 Å². The molecule has 0 saturated heterocycles. The Kier molecular flexibility index (Phi) is 6.19. The summed E-state index contributed by atoms with van der Waals surface area (Å²) in [6.45, 7) is 1.73. The number of hydrogen-bond donors (Lipinski definition) is 2. The van der Waals surface area contributed by atoms with Crippen molar-refractivity contribution in [3.63, 3.8) is 0 Å². The van der Waals surface area contributed by atoms with Crippen LogP contribution in [0.5, 0.6) is 0 Å². The van der Waals surface area contributed by atoms with Gasteiger partial charge in [0.05, 0.1) is 12.8 Å². The SMILES string of the molecule is Cc1ccc(NC(=O)COCC(=O)NCc2ccco2)cc1Cl. The van der Waals surface area contributed by atoms with E-state index in [1.54, 1.807) is 30.3 Å². The molecule has 2 N–H and O–H groups in total. The highest BCUT2D eigenvalue weighted by molar-refractivity contribution is 6.31. The third kappa shape index (κ3) is 5.77. The highest BCUT2D eigenvalue weighted by Gasteiger charge is 2.07. The highest BCUT2D eigenvalue weighted by atomic mass is 35.5. The fraction of sp³-hybridized carbons (Fsp3) is 0.250. The molecule has 0 aliphatic carbocycles. The van der Waals surface area contributed by atoms with E-state index in [0.29, 0.717) is 16.5 Å². The molecule has 1 aromatic heterocycles. The molecule has 0 atom stereocenters. The summed E-state index contributed by atoms with van der Waals surface area (Å²) in [6.07, 6.45) is 1.53. The molecule has 2 aromatic rings. The molecule has 0 bridgehead atoms. The first kappa shape index (κ1) is 17.1. The minimum absolute atomic E-state index is 0.206. The number of carbonyl (C=O) groups is 2. The lowest BCUT2D eigenvalue weighted by molar-refractivity contribution is -0.128. The highest BCUT2D eigenvalue weighted by Crippen LogP contribution is 2.19. The number of amides is 2. The lowest BCUT2D eigenvalue weighted by atomic mass is 10.2. The van der Waals surface area contributed by atoms with E-state index in [1.165, 1.54) is 6.26 Å². The predicted octanol–water partition coefficient (Wildman–Crippen LogP) is 2.51. The Morgan fingerprint density at radius 3 is 2.70 bits per heavy atom. The van der Waals surface area contributed by atoms with Gasteiger partial charge in [0.15, 0.2) is 0 Å². The maximum Gasteiger partial charge on any atom is 0.250 e. The van der Waals surface area contributed by atoms with Gasteiger partial charge in [0, 0.05) is 10.7 Å². The van der Waals surface area contributed by atoms with E-state index in [2.05, 4.69) is 10.6 Å². The quantitative estimate of drug-likeness (QED) is 0.814. The number of hydrogen-bond acceptors (Lipinski definition) is 4. The molecule has 0 radical (unpaired) electrons. The van der Waals surface area contributed by atoms with Crippen molar-refractivity contribution < 1.29 is 18.7 Å². The van der Waals surface area contributed by atoms with E-state index in [9.17, 15) is 9.59 Å². The number of benzene rings is 1. The zero-order chi connectivity index (χ0) is 16.7. The Hall–Kier alpha value is -2.31. The van der Waals surface area contributed by atoms with Crippen molar-refractivity contribution in [2.24, 2.45) is 0 Å². The van der Waals surface area contributed by atoms with Crippen molar-refractivity contribution >= 4 is 29.1 Å². The molecule has 0 fully saturated rings. The maximum atomic E-state index is 11.7. The average Bonchev–Trinajstić information content (AvgIpc) is 3.02. The number of aryl methyl sites for hydroxylation is 1. The number of halogens is 1. The van der Waals surface area contributed by atoms with Crippen LogP contribution >= 0.6 is 11.6 Å². The zero-order valence-electron chi connectivity index (χ0n) is 12.6. The van der Waals surface area contributed by atoms with Crippen LogP contribution in [-0.2, 0) is 20.9 Å². The number of nitrogens with one attached hydrogen (secondary N) is 2. The topological polar surface area (TPSA) is 80.6 Å². The molecule has 1 heterocycles. The number of rotatable bonds is 7. The van der Waals surface area contributed by atoms with Crippen LogP contribution in [0.25, 0.3) is 0 Å². The van der Waals surface area contributed by atoms with Crippen LogP contribution in [0.15, 0.2) is 41.0 Å². The lowest BCUT2D eigenvalue weighted by Gasteiger charge is -2.08. The van der Waals surface area contributed by atoms with Gasteiger partial charge >= 0.3 is 0 Å². The van der Waals surface area contributed by atoms with Crippen LogP contribution in [-0.4, -0.2) is 25.0 Å². The van der Waals surface area contributed by atoms with Crippen LogP contribution in [0, 0.1) is 6.92 Å². The molecule has 0 aliphatic rings. The molecule has 2 rings (SSSR count). The summed E-state index contributed by atoms with van der Waals surface area (Å²) in [5.41, 5.74) is 1.51. The van der Waals surface area contributed by atoms with Crippen molar-refractivity contribution in [2.75, 3.05) is 18.5 Å². The van der Waals surface area contributed by atoms with Gasteiger partial charge in [-0.3, -0.25) is 9.59 Å². The van der Waals surface area contributed by atoms with Gasteiger partial charge in [-0.2, -0.15) is 0 Å². The smallest absolute Gasteiger partial charge is 0.250 e. The van der Waals surface area contributed by atoms with Crippen molar-refractivity contribution in [3.8, 4) is 0 Å². The molecule has 7 heteroatoms. The van der Waals surface area contributed by atoms with Crippen LogP contribution in [0.3, 0.4) is 0 Å². The minimum atomic E-state index is -0.358. The third-order valence-corrected chi connectivity index (χ3v) is 3.37. The molecule has 0 saturated carbocycles. The summed E-state index contributed by atoms with van der Waals surface area (Å²) in [5, 5.41) is 5.83. The molecule has 0 aliphatic heterocycles. The second kappa shape index (κ2) is 8.36. The van der Waals surface area contributed by atoms with Gasteiger partial charge in [-0.25, -0.2) is 0 Å². The summed E-state index contributed by atoms with van der Waals surface area (Å²) in [6, 6.07) is 8.70. The predicted molar refractivity (Wildman–Crippen MR) is 86.2 cm³/mol. The van der Waals surface area contributed by atoms with E-state index in [0.717, 1.165) is 5.56 Å². The lowest BCUT2D eigenvalue weighted by Crippen LogP contribution is -2.29. The second-order valence-electron chi connectivity index (χ2n) is 4.86. The first-order chi connectivity index (χ1) is 11.0. The standard InChI is InChI=1S/C16H17ClN2O4/c1-11-4-5-12(7-14(11)17)19-16(21)10-22-9-15(20)18-8-13-3-2-6-23-13/h2-7H,8-10H2,1H3,(H,18,20)(H,19,21). The zero-order valence-corrected chi connectivity index (χ0v) is 13.4. The molecule has 122 valence electrons. The first-order valence-corrected chi connectivity index (χ1v) is 7.35. The maximum absolute atomic E-state index is 11.7. The van der Waals surface area contributed by atoms with Crippen LogP contribution in [0.4, 0.5) is 5.69 Å². The summed E-state index contributed by atoms with van der Waals surface area (Å²) < 4.78 is 10.1. The van der Waals surface area contributed by atoms with E-state index in [-0.39, 0.29) is 31.6 Å². The Bertz CT molecular complexity index is 671. The molecule has 23 heavy (non-hydrogen) atoms. The van der Waals surface area contributed by atoms with Gasteiger partial charge in [0.25, 0.3) is 0 Å². The summed E-state index contributed by atoms with van der Waals surface area (Å²) in [5.74, 6) is -0.0383. The van der Waals surface area contributed by atoms with E-state index < -0.39 is 0 Å². The fourth-order valence-corrected chi connectivity index (χ4v) is 1.93. The Morgan fingerprint density at radius 2 is 2.00 bits per heavy atom. The Morgan fingerprint density at radius 1 is 1.22 bits per heavy atom. The van der Waals surface area contributed by atoms with Crippen molar-refractivity contribution in [1.29, 1.82) is 0 Å². The molecular weight excluding hydrogens is 320 g/mol. The third-order valence-electron chi connectivity index (χ3n) is 2.96. The molecule has 2 amide bonds. The molecule has 0 unspecified atom stereocenters. The van der Waals surface area contributed by atoms with Gasteiger partial charge in [0.2, 0.25) is 11.8 Å². The molecule has 1 aromatic carbocycles. The van der Waals surface area contributed by atoms with Gasteiger partial charge in [-0.1, -0.05) is 17.7 Å². The Balaban J connectivity index is 1.65.